The van der Waals surface area contributed by atoms with E-state index in [0.717, 1.165) is 17.3 Å². The van der Waals surface area contributed by atoms with E-state index in [4.69, 9.17) is 5.73 Å². The summed E-state index contributed by atoms with van der Waals surface area (Å²) in [6.07, 6.45) is 1.65. The molecule has 0 spiro atoms. The Morgan fingerprint density at radius 3 is 2.87 bits per heavy atom. The number of amidine groups is 1. The van der Waals surface area contributed by atoms with Gasteiger partial charge in [-0.1, -0.05) is 12.1 Å². The van der Waals surface area contributed by atoms with E-state index in [0.29, 0.717) is 4.91 Å². The maximum Gasteiger partial charge on any atom is 0.286 e. The highest BCUT2D eigenvalue weighted by molar-refractivity contribution is 8.18. The van der Waals surface area contributed by atoms with Gasteiger partial charge in [0.2, 0.25) is 0 Å². The zero-order chi connectivity index (χ0) is 10.8. The highest BCUT2D eigenvalue weighted by Crippen LogP contribution is 2.26. The monoisotopic (exact) mass is 220 g/mol. The highest BCUT2D eigenvalue weighted by Gasteiger charge is 2.19. The van der Waals surface area contributed by atoms with Crippen LogP contribution in [0.15, 0.2) is 34.2 Å². The molecule has 15 heavy (non-hydrogen) atoms. The number of phenols is 1. The molecule has 1 aromatic rings. The van der Waals surface area contributed by atoms with Crippen molar-refractivity contribution in [3.63, 3.8) is 0 Å². The molecule has 0 radical (unpaired) electrons. The zero-order valence-corrected chi connectivity index (χ0v) is 8.49. The largest absolute Gasteiger partial charge is 0.508 e. The fourth-order valence-electron chi connectivity index (χ4n) is 1.19. The molecule has 0 saturated carbocycles. The van der Waals surface area contributed by atoms with E-state index in [2.05, 4.69) is 4.99 Å². The normalized spacial score (nSPS) is 18.3. The van der Waals surface area contributed by atoms with Crippen LogP contribution in [0, 0.1) is 0 Å². The van der Waals surface area contributed by atoms with Crippen LogP contribution in [0.1, 0.15) is 5.56 Å². The molecule has 0 aromatic heterocycles. The molecule has 1 aliphatic heterocycles. The molecule has 1 heterocycles. The predicted molar refractivity (Wildman–Crippen MR) is 60.3 cm³/mol. The summed E-state index contributed by atoms with van der Waals surface area (Å²) in [5.74, 6) is -0.172. The lowest BCUT2D eigenvalue weighted by atomic mass is 10.2. The van der Waals surface area contributed by atoms with Gasteiger partial charge in [0.25, 0.3) is 5.91 Å². The van der Waals surface area contributed by atoms with Gasteiger partial charge in [0, 0.05) is 0 Å². The van der Waals surface area contributed by atoms with E-state index in [1.54, 1.807) is 30.3 Å². The second-order valence-electron chi connectivity index (χ2n) is 2.96. The molecule has 0 unspecified atom stereocenters. The minimum absolute atomic E-state index is 0.161. The van der Waals surface area contributed by atoms with Gasteiger partial charge in [-0.3, -0.25) is 4.79 Å². The van der Waals surface area contributed by atoms with Gasteiger partial charge in [0.15, 0.2) is 5.17 Å². The molecule has 5 heteroatoms. The minimum Gasteiger partial charge on any atom is -0.508 e. The van der Waals surface area contributed by atoms with E-state index >= 15 is 0 Å². The summed E-state index contributed by atoms with van der Waals surface area (Å²) < 4.78 is 0. The first kappa shape index (κ1) is 9.79. The van der Waals surface area contributed by atoms with Crippen molar-refractivity contribution < 1.29 is 9.90 Å². The van der Waals surface area contributed by atoms with Gasteiger partial charge in [-0.2, -0.15) is 4.99 Å². The molecule has 0 saturated heterocycles. The molecular formula is C10H8N2O2S. The van der Waals surface area contributed by atoms with Crippen molar-refractivity contribution in [2.24, 2.45) is 10.7 Å². The number of carbonyl (C=O) groups excluding carboxylic acids is 1. The van der Waals surface area contributed by atoms with Crippen molar-refractivity contribution in [1.82, 2.24) is 0 Å². The number of phenolic OH excluding ortho intramolecular Hbond substituents is 1. The van der Waals surface area contributed by atoms with E-state index < -0.39 is 0 Å². The fourth-order valence-corrected chi connectivity index (χ4v) is 1.87. The van der Waals surface area contributed by atoms with Gasteiger partial charge < -0.3 is 10.8 Å². The van der Waals surface area contributed by atoms with Gasteiger partial charge in [-0.15, -0.1) is 0 Å². The summed E-state index contributed by atoms with van der Waals surface area (Å²) in [5.41, 5.74) is 6.15. The van der Waals surface area contributed by atoms with Crippen LogP contribution in [0.2, 0.25) is 0 Å². The Morgan fingerprint density at radius 2 is 2.27 bits per heavy atom. The number of nitrogens with two attached hydrogens (primary N) is 1. The third kappa shape index (κ3) is 2.19. The third-order valence-corrected chi connectivity index (χ3v) is 2.62. The van der Waals surface area contributed by atoms with Crippen LogP contribution in [0.3, 0.4) is 0 Å². The first-order valence-electron chi connectivity index (χ1n) is 4.22. The first-order valence-corrected chi connectivity index (χ1v) is 5.04. The van der Waals surface area contributed by atoms with Crippen molar-refractivity contribution >= 4 is 28.9 Å². The lowest BCUT2D eigenvalue weighted by Crippen LogP contribution is -2.01. The van der Waals surface area contributed by atoms with Crippen LogP contribution in [-0.2, 0) is 4.79 Å². The van der Waals surface area contributed by atoms with Crippen LogP contribution in [0.25, 0.3) is 6.08 Å². The summed E-state index contributed by atoms with van der Waals surface area (Å²) in [4.78, 5) is 15.3. The fraction of sp³-hybridized carbons (Fsp3) is 0. The predicted octanol–water partition coefficient (Wildman–Crippen LogP) is 1.32. The molecule has 0 atom stereocenters. The van der Waals surface area contributed by atoms with Gasteiger partial charge in [-0.25, -0.2) is 0 Å². The van der Waals surface area contributed by atoms with Crippen molar-refractivity contribution in [3.05, 3.63) is 34.7 Å². The van der Waals surface area contributed by atoms with Crippen LogP contribution in [-0.4, -0.2) is 16.2 Å². The van der Waals surface area contributed by atoms with E-state index in [1.807, 2.05) is 0 Å². The van der Waals surface area contributed by atoms with Gasteiger partial charge >= 0.3 is 0 Å². The van der Waals surface area contributed by atoms with Crippen LogP contribution < -0.4 is 5.73 Å². The first-order chi connectivity index (χ1) is 7.15. The Labute approximate surface area is 90.5 Å². The van der Waals surface area contributed by atoms with E-state index in [-0.39, 0.29) is 16.8 Å². The summed E-state index contributed by atoms with van der Waals surface area (Å²) in [5, 5.41) is 9.49. The second-order valence-corrected chi connectivity index (χ2v) is 4.02. The molecule has 1 aliphatic rings. The number of thioether (sulfide) groups is 1. The number of rotatable bonds is 1. The molecule has 76 valence electrons. The lowest BCUT2D eigenvalue weighted by molar-refractivity contribution is -0.113. The van der Waals surface area contributed by atoms with Crippen LogP contribution >= 0.6 is 11.8 Å². The number of aliphatic imine (C=N–C) groups is 1. The number of nitrogens with zero attached hydrogens (tertiary/aromatic N) is 1. The van der Waals surface area contributed by atoms with Gasteiger partial charge in [0.1, 0.15) is 5.75 Å². The lowest BCUT2D eigenvalue weighted by Gasteiger charge is -1.96. The highest BCUT2D eigenvalue weighted by atomic mass is 32.2. The Kier molecular flexibility index (Phi) is 2.47. The van der Waals surface area contributed by atoms with Crippen LogP contribution in [0.5, 0.6) is 5.75 Å². The average Bonchev–Trinajstić information content (AvgIpc) is 2.45. The molecule has 2 rings (SSSR count). The molecule has 0 aliphatic carbocycles. The Hall–Kier alpha value is -1.75. The minimum atomic E-state index is -0.333. The van der Waals surface area contributed by atoms with E-state index in [1.165, 1.54) is 0 Å². The topological polar surface area (TPSA) is 75.7 Å². The Balaban J connectivity index is 2.29. The van der Waals surface area contributed by atoms with Crippen molar-refractivity contribution in [1.29, 1.82) is 0 Å². The van der Waals surface area contributed by atoms with Gasteiger partial charge in [-0.05, 0) is 35.5 Å². The second kappa shape index (κ2) is 3.78. The molecule has 4 nitrogen and oxygen atoms in total. The van der Waals surface area contributed by atoms with E-state index in [9.17, 15) is 9.90 Å². The number of amides is 1. The summed E-state index contributed by atoms with van der Waals surface area (Å²) in [6, 6.07) is 6.62. The number of aromatic hydroxyl groups is 1. The number of carbonyl (C=O) groups is 1. The van der Waals surface area contributed by atoms with Crippen molar-refractivity contribution in [2.75, 3.05) is 0 Å². The summed E-state index contributed by atoms with van der Waals surface area (Å²) in [6.45, 7) is 0. The Morgan fingerprint density at radius 1 is 1.47 bits per heavy atom. The smallest absolute Gasteiger partial charge is 0.286 e. The quantitative estimate of drug-likeness (QED) is 0.700. The van der Waals surface area contributed by atoms with Crippen molar-refractivity contribution in [3.8, 4) is 5.75 Å². The SMILES string of the molecule is NC1=NC(=O)/C(=C\c2cccc(O)c2)S1. The summed E-state index contributed by atoms with van der Waals surface area (Å²) >= 11 is 1.13. The average molecular weight is 220 g/mol. The maximum absolute atomic E-state index is 11.3. The molecule has 1 amide bonds. The van der Waals surface area contributed by atoms with Gasteiger partial charge in [0.05, 0.1) is 4.91 Å². The number of hydrogen-bond acceptors (Lipinski definition) is 4. The Bertz CT molecular complexity index is 480. The number of benzene rings is 1. The molecule has 3 N–H and O–H groups in total. The molecule has 0 fully saturated rings. The maximum atomic E-state index is 11.3. The molecular weight excluding hydrogens is 212 g/mol. The molecule has 1 aromatic carbocycles. The molecule has 0 bridgehead atoms. The van der Waals surface area contributed by atoms with Crippen LogP contribution in [0.4, 0.5) is 0 Å². The third-order valence-electron chi connectivity index (χ3n) is 1.81. The van der Waals surface area contributed by atoms with Crippen molar-refractivity contribution in [2.45, 2.75) is 0 Å². The standard InChI is InChI=1S/C10H8N2O2S/c11-10-12-9(14)8(15-10)5-6-2-1-3-7(13)4-6/h1-5,13H,(H2,11,12,14)/b8-5+. The zero-order valence-electron chi connectivity index (χ0n) is 7.68. The summed E-state index contributed by atoms with van der Waals surface area (Å²) in [7, 11) is 0. The number of hydrogen-bond donors (Lipinski definition) is 2.